The highest BCUT2D eigenvalue weighted by atomic mass is 16.3. The third kappa shape index (κ3) is 2.01. The van der Waals surface area contributed by atoms with Crippen molar-refractivity contribution in [1.29, 1.82) is 0 Å². The van der Waals surface area contributed by atoms with E-state index < -0.39 is 0 Å². The van der Waals surface area contributed by atoms with Gasteiger partial charge in [0.15, 0.2) is 0 Å². The Hall–Kier alpha value is -0.0400. The average molecular weight is 170 g/mol. The second-order valence-electron chi connectivity index (χ2n) is 4.90. The largest absolute Gasteiger partial charge is 0.393 e. The zero-order valence-corrected chi connectivity index (χ0v) is 8.75. The smallest absolute Gasteiger partial charge is 0.0545 e. The van der Waals surface area contributed by atoms with Crippen molar-refractivity contribution in [2.75, 3.05) is 0 Å². The van der Waals surface area contributed by atoms with Gasteiger partial charge in [-0.2, -0.15) is 0 Å². The molecular weight excluding hydrogens is 148 g/mol. The summed E-state index contributed by atoms with van der Waals surface area (Å²) in [6.45, 7) is 9.16. The van der Waals surface area contributed by atoms with Crippen LogP contribution < -0.4 is 0 Å². The van der Waals surface area contributed by atoms with Gasteiger partial charge in [0.1, 0.15) is 0 Å². The van der Waals surface area contributed by atoms with Crippen molar-refractivity contribution in [3.8, 4) is 0 Å². The van der Waals surface area contributed by atoms with E-state index in [1.165, 1.54) is 0 Å². The SMILES string of the molecule is CC(C)C1C(C)CC(O)CC1C. The molecule has 0 aromatic heterocycles. The Kier molecular flexibility index (Phi) is 3.16. The number of rotatable bonds is 1. The first-order valence-electron chi connectivity index (χ1n) is 5.20. The van der Waals surface area contributed by atoms with E-state index in [0.29, 0.717) is 11.8 Å². The normalized spacial score (nSPS) is 43.5. The van der Waals surface area contributed by atoms with Gasteiger partial charge in [-0.1, -0.05) is 27.7 Å². The summed E-state index contributed by atoms with van der Waals surface area (Å²) in [4.78, 5) is 0. The van der Waals surface area contributed by atoms with Crippen molar-refractivity contribution in [2.45, 2.75) is 46.6 Å². The molecule has 1 aliphatic rings. The minimum absolute atomic E-state index is 0.0370. The van der Waals surface area contributed by atoms with Gasteiger partial charge in [-0.15, -0.1) is 0 Å². The fraction of sp³-hybridized carbons (Fsp3) is 1.00. The molecule has 1 nitrogen and oxygen atoms in total. The molecule has 2 unspecified atom stereocenters. The van der Waals surface area contributed by atoms with Crippen LogP contribution in [0.1, 0.15) is 40.5 Å². The van der Waals surface area contributed by atoms with E-state index >= 15 is 0 Å². The second-order valence-corrected chi connectivity index (χ2v) is 4.90. The Balaban J connectivity index is 2.60. The molecule has 72 valence electrons. The molecule has 0 radical (unpaired) electrons. The first-order valence-corrected chi connectivity index (χ1v) is 5.20. The average Bonchev–Trinajstić information content (AvgIpc) is 1.82. The van der Waals surface area contributed by atoms with Crippen LogP contribution in [0.15, 0.2) is 0 Å². The maximum Gasteiger partial charge on any atom is 0.0545 e. The lowest BCUT2D eigenvalue weighted by Gasteiger charge is -2.39. The molecule has 1 aliphatic carbocycles. The van der Waals surface area contributed by atoms with E-state index in [0.717, 1.165) is 24.7 Å². The highest BCUT2D eigenvalue weighted by Gasteiger charge is 2.33. The minimum Gasteiger partial charge on any atom is -0.393 e. The van der Waals surface area contributed by atoms with Crippen LogP contribution in [0.5, 0.6) is 0 Å². The van der Waals surface area contributed by atoms with Gasteiger partial charge in [-0.3, -0.25) is 0 Å². The van der Waals surface area contributed by atoms with Crippen LogP contribution >= 0.6 is 0 Å². The van der Waals surface area contributed by atoms with Gasteiger partial charge in [-0.25, -0.2) is 0 Å². The van der Waals surface area contributed by atoms with Crippen molar-refractivity contribution >= 4 is 0 Å². The van der Waals surface area contributed by atoms with Gasteiger partial charge < -0.3 is 5.11 Å². The van der Waals surface area contributed by atoms with Gasteiger partial charge >= 0.3 is 0 Å². The van der Waals surface area contributed by atoms with Crippen LogP contribution in [0.4, 0.5) is 0 Å². The Morgan fingerprint density at radius 1 is 1.08 bits per heavy atom. The summed E-state index contributed by atoms with van der Waals surface area (Å²) in [5.74, 6) is 2.98. The maximum absolute atomic E-state index is 9.55. The van der Waals surface area contributed by atoms with Crippen LogP contribution in [0, 0.1) is 23.7 Å². The van der Waals surface area contributed by atoms with E-state index in [9.17, 15) is 5.11 Å². The Morgan fingerprint density at radius 3 is 1.83 bits per heavy atom. The number of hydrogen-bond donors (Lipinski definition) is 1. The molecule has 1 saturated carbocycles. The molecular formula is C11H22O. The van der Waals surface area contributed by atoms with Crippen molar-refractivity contribution in [3.05, 3.63) is 0 Å². The van der Waals surface area contributed by atoms with Gasteiger partial charge in [0, 0.05) is 0 Å². The first-order chi connectivity index (χ1) is 5.52. The quantitative estimate of drug-likeness (QED) is 0.641. The molecule has 0 heterocycles. The first kappa shape index (κ1) is 10.0. The third-order valence-corrected chi connectivity index (χ3v) is 3.37. The van der Waals surface area contributed by atoms with Crippen molar-refractivity contribution < 1.29 is 5.11 Å². The molecule has 2 atom stereocenters. The second kappa shape index (κ2) is 3.78. The number of hydrogen-bond acceptors (Lipinski definition) is 1. The van der Waals surface area contributed by atoms with Gasteiger partial charge in [0.2, 0.25) is 0 Å². The summed E-state index contributed by atoms with van der Waals surface area (Å²) in [5.41, 5.74) is 0. The third-order valence-electron chi connectivity index (χ3n) is 3.37. The minimum atomic E-state index is -0.0370. The molecule has 0 bridgehead atoms. The van der Waals surface area contributed by atoms with Crippen molar-refractivity contribution in [2.24, 2.45) is 23.7 Å². The maximum atomic E-state index is 9.55. The fourth-order valence-corrected chi connectivity index (χ4v) is 3.14. The van der Waals surface area contributed by atoms with Crippen molar-refractivity contribution in [3.63, 3.8) is 0 Å². The Labute approximate surface area is 76.2 Å². The Bertz CT molecular complexity index is 130. The van der Waals surface area contributed by atoms with Gasteiger partial charge in [0.25, 0.3) is 0 Å². The number of aliphatic hydroxyl groups is 1. The summed E-state index contributed by atoms with van der Waals surface area (Å²) in [6, 6.07) is 0. The highest BCUT2D eigenvalue weighted by Crippen LogP contribution is 2.38. The molecule has 0 spiro atoms. The molecule has 0 saturated heterocycles. The van der Waals surface area contributed by atoms with Gasteiger partial charge in [-0.05, 0) is 36.5 Å². The lowest BCUT2D eigenvalue weighted by molar-refractivity contribution is 0.0215. The predicted octanol–water partition coefficient (Wildman–Crippen LogP) is 2.69. The van der Waals surface area contributed by atoms with Crippen LogP contribution in [-0.2, 0) is 0 Å². The lowest BCUT2D eigenvalue weighted by atomic mass is 9.68. The highest BCUT2D eigenvalue weighted by molar-refractivity contribution is 4.83. The van der Waals surface area contributed by atoms with Crippen LogP contribution in [0.3, 0.4) is 0 Å². The summed E-state index contributed by atoms with van der Waals surface area (Å²) >= 11 is 0. The van der Waals surface area contributed by atoms with Crippen LogP contribution in [0.25, 0.3) is 0 Å². The van der Waals surface area contributed by atoms with E-state index in [4.69, 9.17) is 0 Å². The van der Waals surface area contributed by atoms with Crippen molar-refractivity contribution in [1.82, 2.24) is 0 Å². The van der Waals surface area contributed by atoms with Crippen LogP contribution in [-0.4, -0.2) is 11.2 Å². The van der Waals surface area contributed by atoms with Crippen LogP contribution in [0.2, 0.25) is 0 Å². The predicted molar refractivity (Wildman–Crippen MR) is 51.9 cm³/mol. The molecule has 0 amide bonds. The van der Waals surface area contributed by atoms with E-state index in [-0.39, 0.29) is 6.10 Å². The summed E-state index contributed by atoms with van der Waals surface area (Å²) in [5, 5.41) is 9.55. The molecule has 1 N–H and O–H groups in total. The molecule has 1 rings (SSSR count). The van der Waals surface area contributed by atoms with Gasteiger partial charge in [0.05, 0.1) is 6.10 Å². The summed E-state index contributed by atoms with van der Waals surface area (Å²) in [6.07, 6.45) is 1.98. The molecule has 1 heteroatoms. The fourth-order valence-electron chi connectivity index (χ4n) is 3.14. The molecule has 0 aromatic rings. The molecule has 1 fully saturated rings. The summed E-state index contributed by atoms with van der Waals surface area (Å²) < 4.78 is 0. The Morgan fingerprint density at radius 2 is 1.50 bits per heavy atom. The molecule has 0 aromatic carbocycles. The molecule has 12 heavy (non-hydrogen) atoms. The lowest BCUT2D eigenvalue weighted by Crippen LogP contribution is -2.35. The zero-order chi connectivity index (χ0) is 9.30. The molecule has 0 aliphatic heterocycles. The topological polar surface area (TPSA) is 20.2 Å². The monoisotopic (exact) mass is 170 g/mol. The zero-order valence-electron chi connectivity index (χ0n) is 8.75. The van der Waals surface area contributed by atoms with E-state index in [1.54, 1.807) is 0 Å². The standard InChI is InChI=1S/C11H22O/c1-7(2)11-8(3)5-10(12)6-9(11)4/h7-12H,5-6H2,1-4H3. The van der Waals surface area contributed by atoms with E-state index in [2.05, 4.69) is 27.7 Å². The summed E-state index contributed by atoms with van der Waals surface area (Å²) in [7, 11) is 0. The van der Waals surface area contributed by atoms with E-state index in [1.807, 2.05) is 0 Å². The number of aliphatic hydroxyl groups excluding tert-OH is 1.